The predicted octanol–water partition coefficient (Wildman–Crippen LogP) is 3.01. The lowest BCUT2D eigenvalue weighted by atomic mass is 10.2. The molecule has 0 saturated heterocycles. The number of hydrogen-bond acceptors (Lipinski definition) is 4. The highest BCUT2D eigenvalue weighted by molar-refractivity contribution is 9.10. The van der Waals surface area contributed by atoms with Crippen molar-refractivity contribution in [2.75, 3.05) is 4.72 Å². The Morgan fingerprint density at radius 3 is 2.63 bits per heavy atom. The Morgan fingerprint density at radius 1 is 1.32 bits per heavy atom. The van der Waals surface area contributed by atoms with Crippen molar-refractivity contribution in [2.45, 2.75) is 4.21 Å². The predicted molar refractivity (Wildman–Crippen MR) is 76.2 cm³/mol. The van der Waals surface area contributed by atoms with E-state index >= 15 is 0 Å². The number of aromatic carboxylic acids is 1. The summed E-state index contributed by atoms with van der Waals surface area (Å²) < 4.78 is 27.0. The largest absolute Gasteiger partial charge is 0.478 e. The Morgan fingerprint density at radius 2 is 2.05 bits per heavy atom. The van der Waals surface area contributed by atoms with Crippen molar-refractivity contribution in [3.63, 3.8) is 0 Å². The summed E-state index contributed by atoms with van der Waals surface area (Å²) in [4.78, 5) is 10.9. The SMILES string of the molecule is O=C(O)c1cc(Br)cc(NS(=O)(=O)c2cccs2)c1. The smallest absolute Gasteiger partial charge is 0.335 e. The average molecular weight is 362 g/mol. The van der Waals surface area contributed by atoms with Crippen LogP contribution in [-0.2, 0) is 10.0 Å². The first kappa shape index (κ1) is 14.0. The highest BCUT2D eigenvalue weighted by Crippen LogP contribution is 2.24. The van der Waals surface area contributed by atoms with Gasteiger partial charge in [0.2, 0.25) is 0 Å². The molecule has 0 aliphatic carbocycles. The maximum absolute atomic E-state index is 12.0. The summed E-state index contributed by atoms with van der Waals surface area (Å²) in [6.45, 7) is 0. The molecule has 100 valence electrons. The van der Waals surface area contributed by atoms with Gasteiger partial charge in [0, 0.05) is 4.47 Å². The fraction of sp³-hybridized carbons (Fsp3) is 0. The summed E-state index contributed by atoms with van der Waals surface area (Å²) in [5, 5.41) is 10.6. The molecule has 0 saturated carbocycles. The minimum Gasteiger partial charge on any atom is -0.478 e. The number of nitrogens with one attached hydrogen (secondary N) is 1. The Labute approximate surface area is 122 Å². The molecule has 0 unspecified atom stereocenters. The topological polar surface area (TPSA) is 83.5 Å². The number of thiophene rings is 1. The van der Waals surface area contributed by atoms with E-state index in [0.29, 0.717) is 4.47 Å². The van der Waals surface area contributed by atoms with Crippen molar-refractivity contribution in [1.82, 2.24) is 0 Å². The van der Waals surface area contributed by atoms with Crippen molar-refractivity contribution in [1.29, 1.82) is 0 Å². The average Bonchev–Trinajstić information content (AvgIpc) is 2.81. The zero-order valence-corrected chi connectivity index (χ0v) is 12.5. The lowest BCUT2D eigenvalue weighted by Gasteiger charge is -2.07. The minimum atomic E-state index is -3.67. The second-order valence-electron chi connectivity index (χ2n) is 3.57. The molecule has 0 amide bonds. The van der Waals surface area contributed by atoms with E-state index in [1.165, 1.54) is 24.3 Å². The highest BCUT2D eigenvalue weighted by atomic mass is 79.9. The van der Waals surface area contributed by atoms with Gasteiger partial charge in [-0.25, -0.2) is 13.2 Å². The van der Waals surface area contributed by atoms with Gasteiger partial charge in [0.25, 0.3) is 10.0 Å². The number of rotatable bonds is 4. The molecule has 2 N–H and O–H groups in total. The van der Waals surface area contributed by atoms with Gasteiger partial charge in [-0.1, -0.05) is 22.0 Å². The Bertz CT molecular complexity index is 710. The molecule has 0 aliphatic heterocycles. The normalized spacial score (nSPS) is 11.2. The first-order valence-electron chi connectivity index (χ1n) is 4.99. The van der Waals surface area contributed by atoms with Gasteiger partial charge in [-0.15, -0.1) is 11.3 Å². The number of carboxylic acids is 1. The van der Waals surface area contributed by atoms with Crippen molar-refractivity contribution >= 4 is 48.9 Å². The highest BCUT2D eigenvalue weighted by Gasteiger charge is 2.16. The van der Waals surface area contributed by atoms with Crippen molar-refractivity contribution in [3.05, 3.63) is 45.7 Å². The number of hydrogen-bond donors (Lipinski definition) is 2. The maximum Gasteiger partial charge on any atom is 0.335 e. The lowest BCUT2D eigenvalue weighted by molar-refractivity contribution is 0.0697. The van der Waals surface area contributed by atoms with E-state index in [1.54, 1.807) is 11.4 Å². The van der Waals surface area contributed by atoms with Crippen LogP contribution in [0.1, 0.15) is 10.4 Å². The van der Waals surface area contributed by atoms with E-state index in [0.717, 1.165) is 11.3 Å². The molecule has 1 aromatic heterocycles. The number of carboxylic acid groups (broad SMARTS) is 1. The quantitative estimate of drug-likeness (QED) is 0.876. The Balaban J connectivity index is 2.37. The molecule has 19 heavy (non-hydrogen) atoms. The monoisotopic (exact) mass is 361 g/mol. The van der Waals surface area contributed by atoms with Gasteiger partial charge in [-0.2, -0.15) is 0 Å². The van der Waals surface area contributed by atoms with Crippen LogP contribution in [0.4, 0.5) is 5.69 Å². The third-order valence-electron chi connectivity index (χ3n) is 2.16. The molecule has 0 aliphatic rings. The fourth-order valence-corrected chi connectivity index (χ4v) is 3.92. The molecule has 8 heteroatoms. The first-order valence-corrected chi connectivity index (χ1v) is 8.14. The van der Waals surface area contributed by atoms with E-state index in [9.17, 15) is 13.2 Å². The minimum absolute atomic E-state index is 0.00162. The van der Waals surface area contributed by atoms with Gasteiger partial charge in [-0.3, -0.25) is 4.72 Å². The summed E-state index contributed by atoms with van der Waals surface area (Å²) in [7, 11) is -3.67. The molecule has 1 aromatic carbocycles. The Hall–Kier alpha value is -1.38. The van der Waals surface area contributed by atoms with Gasteiger partial charge in [0.15, 0.2) is 0 Å². The van der Waals surface area contributed by atoms with E-state index in [4.69, 9.17) is 5.11 Å². The summed E-state index contributed by atoms with van der Waals surface area (Å²) in [5.41, 5.74) is 0.193. The van der Waals surface area contributed by atoms with Crippen LogP contribution < -0.4 is 4.72 Å². The molecule has 2 aromatic rings. The number of benzene rings is 1. The molecule has 0 fully saturated rings. The first-order chi connectivity index (χ1) is 8.88. The van der Waals surface area contributed by atoms with Crippen molar-refractivity contribution < 1.29 is 18.3 Å². The third-order valence-corrected chi connectivity index (χ3v) is 5.39. The summed E-state index contributed by atoms with van der Waals surface area (Å²) in [5.74, 6) is -1.13. The molecule has 0 atom stereocenters. The number of sulfonamides is 1. The number of carbonyl (C=O) groups is 1. The summed E-state index contributed by atoms with van der Waals surface area (Å²) >= 11 is 4.23. The van der Waals surface area contributed by atoms with E-state index < -0.39 is 16.0 Å². The second kappa shape index (κ2) is 5.32. The standard InChI is InChI=1S/C11H8BrNO4S2/c12-8-4-7(11(14)15)5-9(6-8)13-19(16,17)10-2-1-3-18-10/h1-6,13H,(H,14,15). The molecular formula is C11H8BrNO4S2. The molecular weight excluding hydrogens is 354 g/mol. The molecule has 5 nitrogen and oxygen atoms in total. The molecule has 0 radical (unpaired) electrons. The summed E-state index contributed by atoms with van der Waals surface area (Å²) in [6.07, 6.45) is 0. The molecule has 0 bridgehead atoms. The third kappa shape index (κ3) is 3.34. The van der Waals surface area contributed by atoms with E-state index in [1.807, 2.05) is 0 Å². The fourth-order valence-electron chi connectivity index (χ4n) is 1.39. The summed E-state index contributed by atoms with van der Waals surface area (Å²) in [6, 6.07) is 7.26. The van der Waals surface area contributed by atoms with Crippen LogP contribution >= 0.6 is 27.3 Å². The van der Waals surface area contributed by atoms with Crippen LogP contribution in [0.15, 0.2) is 44.4 Å². The van der Waals surface area contributed by atoms with Crippen molar-refractivity contribution in [2.24, 2.45) is 0 Å². The van der Waals surface area contributed by atoms with Crippen LogP contribution in [0.2, 0.25) is 0 Å². The second-order valence-corrected chi connectivity index (χ2v) is 7.34. The van der Waals surface area contributed by atoms with Gasteiger partial charge < -0.3 is 5.11 Å². The number of halogens is 1. The van der Waals surface area contributed by atoms with Gasteiger partial charge >= 0.3 is 5.97 Å². The maximum atomic E-state index is 12.0. The molecule has 2 rings (SSSR count). The van der Waals surface area contributed by atoms with Crippen LogP contribution in [0.25, 0.3) is 0 Å². The van der Waals surface area contributed by atoms with Gasteiger partial charge in [-0.05, 0) is 29.6 Å². The van der Waals surface area contributed by atoms with Crippen LogP contribution in [0.5, 0.6) is 0 Å². The van der Waals surface area contributed by atoms with Crippen LogP contribution in [0, 0.1) is 0 Å². The zero-order chi connectivity index (χ0) is 14.0. The van der Waals surface area contributed by atoms with Gasteiger partial charge in [0.1, 0.15) is 4.21 Å². The molecule has 1 heterocycles. The number of anilines is 1. The zero-order valence-electron chi connectivity index (χ0n) is 9.33. The lowest BCUT2D eigenvalue weighted by Crippen LogP contribution is -2.12. The molecule has 0 spiro atoms. The van der Waals surface area contributed by atoms with E-state index in [2.05, 4.69) is 20.7 Å². The van der Waals surface area contributed by atoms with E-state index in [-0.39, 0.29) is 15.5 Å². The Kier molecular flexibility index (Phi) is 3.93. The van der Waals surface area contributed by atoms with Gasteiger partial charge in [0.05, 0.1) is 11.3 Å². The van der Waals surface area contributed by atoms with Crippen molar-refractivity contribution in [3.8, 4) is 0 Å². The van der Waals surface area contributed by atoms with Crippen LogP contribution in [0.3, 0.4) is 0 Å². The van der Waals surface area contributed by atoms with Crippen LogP contribution in [-0.4, -0.2) is 19.5 Å².